The number of benzene rings is 2. The average molecular weight is 381 g/mol. The number of imidazole rings is 1. The van der Waals surface area contributed by atoms with Crippen LogP contribution in [0.3, 0.4) is 0 Å². The molecule has 0 saturated carbocycles. The van der Waals surface area contributed by atoms with Crippen LogP contribution in [-0.4, -0.2) is 22.0 Å². The Bertz CT molecular complexity index is 848. The van der Waals surface area contributed by atoms with Crippen molar-refractivity contribution in [3.8, 4) is 0 Å². The normalized spacial score (nSPS) is 10.1. The van der Waals surface area contributed by atoms with Crippen molar-refractivity contribution in [2.45, 2.75) is 19.4 Å². The molecule has 0 fully saturated rings. The van der Waals surface area contributed by atoms with E-state index in [2.05, 4.69) is 15.6 Å². The van der Waals surface area contributed by atoms with E-state index >= 15 is 0 Å². The summed E-state index contributed by atoms with van der Waals surface area (Å²) >= 11 is 0. The first-order chi connectivity index (χ1) is 11.2. The Morgan fingerprint density at radius 3 is 2.52 bits per heavy atom. The van der Waals surface area contributed by atoms with Crippen molar-refractivity contribution in [3.63, 3.8) is 0 Å². The summed E-state index contributed by atoms with van der Waals surface area (Å²) in [4.78, 5) is 16.0. The van der Waals surface area contributed by atoms with E-state index in [0.29, 0.717) is 12.1 Å². The summed E-state index contributed by atoms with van der Waals surface area (Å²) in [7, 11) is 0. The van der Waals surface area contributed by atoms with E-state index in [1.807, 2.05) is 36.4 Å². The van der Waals surface area contributed by atoms with Crippen LogP contribution in [0.25, 0.3) is 11.0 Å². The number of primary amides is 1. The average Bonchev–Trinajstić information content (AvgIpc) is 2.91. The highest BCUT2D eigenvalue weighted by Gasteiger charge is 2.10. The molecule has 0 aliphatic carbocycles. The summed E-state index contributed by atoms with van der Waals surface area (Å²) in [5.41, 5.74) is 14.8. The second-order valence-corrected chi connectivity index (χ2v) is 5.52. The Labute approximate surface area is 159 Å². The fraction of sp³-hybridized carbons (Fsp3) is 0.222. The molecule has 134 valence electrons. The lowest BCUT2D eigenvalue weighted by molar-refractivity contribution is 0.1000. The van der Waals surface area contributed by atoms with Gasteiger partial charge in [0, 0.05) is 18.5 Å². The third-order valence-corrected chi connectivity index (χ3v) is 3.94. The number of carbonyl (C=O) groups is 1. The number of para-hydroxylation sites is 2. The minimum Gasteiger partial charge on any atom is -0.366 e. The zero-order valence-electron chi connectivity index (χ0n) is 13.7. The number of hydrogen-bond donors (Lipinski definition) is 2. The minimum absolute atomic E-state index is 0. The first-order valence-electron chi connectivity index (χ1n) is 7.72. The molecule has 0 unspecified atom stereocenters. The van der Waals surface area contributed by atoms with Gasteiger partial charge in [-0.3, -0.25) is 4.79 Å². The third kappa shape index (κ3) is 4.72. The topological polar surface area (TPSA) is 86.9 Å². The lowest BCUT2D eigenvalue weighted by atomic mass is 10.1. The fourth-order valence-electron chi connectivity index (χ4n) is 2.82. The summed E-state index contributed by atoms with van der Waals surface area (Å²) in [6, 6.07) is 15.5. The van der Waals surface area contributed by atoms with Crippen molar-refractivity contribution in [2.75, 3.05) is 6.54 Å². The SMILES string of the molecule is Cl.Cl.NCCc1nc2ccccc2n1CCc1cccc(C(N)=O)c1. The zero-order valence-corrected chi connectivity index (χ0v) is 15.4. The molecule has 1 amide bonds. The van der Waals surface area contributed by atoms with Crippen LogP contribution >= 0.6 is 24.8 Å². The first-order valence-corrected chi connectivity index (χ1v) is 7.72. The number of nitrogens with zero attached hydrogens (tertiary/aromatic N) is 2. The molecular formula is C18H22Cl2N4O. The Morgan fingerprint density at radius 2 is 1.80 bits per heavy atom. The van der Waals surface area contributed by atoms with Gasteiger partial charge in [0.15, 0.2) is 0 Å². The molecule has 25 heavy (non-hydrogen) atoms. The standard InChI is InChI=1S/C18H20N4O.2ClH/c19-10-8-17-21-15-6-1-2-7-16(15)22(17)11-9-13-4-3-5-14(12-13)18(20)23;;/h1-7,12H,8-11,19H2,(H2,20,23);2*1H. The van der Waals surface area contributed by atoms with Gasteiger partial charge in [-0.2, -0.15) is 0 Å². The fourth-order valence-corrected chi connectivity index (χ4v) is 2.82. The van der Waals surface area contributed by atoms with E-state index in [0.717, 1.165) is 41.8 Å². The highest BCUT2D eigenvalue weighted by molar-refractivity contribution is 5.92. The highest BCUT2D eigenvalue weighted by atomic mass is 35.5. The van der Waals surface area contributed by atoms with Crippen LogP contribution < -0.4 is 11.5 Å². The molecule has 7 heteroatoms. The van der Waals surface area contributed by atoms with Gasteiger partial charge in [0.1, 0.15) is 5.82 Å². The van der Waals surface area contributed by atoms with Gasteiger partial charge in [0.05, 0.1) is 11.0 Å². The molecule has 0 aliphatic rings. The number of aryl methyl sites for hydroxylation is 2. The van der Waals surface area contributed by atoms with Crippen molar-refractivity contribution < 1.29 is 4.79 Å². The van der Waals surface area contributed by atoms with Crippen molar-refractivity contribution in [3.05, 3.63) is 65.5 Å². The Morgan fingerprint density at radius 1 is 1.04 bits per heavy atom. The number of nitrogens with two attached hydrogens (primary N) is 2. The van der Waals surface area contributed by atoms with Crippen LogP contribution in [0.5, 0.6) is 0 Å². The quantitative estimate of drug-likeness (QED) is 0.688. The zero-order chi connectivity index (χ0) is 16.2. The van der Waals surface area contributed by atoms with Gasteiger partial charge < -0.3 is 16.0 Å². The highest BCUT2D eigenvalue weighted by Crippen LogP contribution is 2.17. The summed E-state index contributed by atoms with van der Waals surface area (Å²) in [5, 5.41) is 0. The molecule has 2 aromatic carbocycles. The first kappa shape index (κ1) is 21.0. The summed E-state index contributed by atoms with van der Waals surface area (Å²) in [6.45, 7) is 1.36. The van der Waals surface area contributed by atoms with E-state index in [4.69, 9.17) is 11.5 Å². The van der Waals surface area contributed by atoms with Gasteiger partial charge in [-0.1, -0.05) is 24.3 Å². The monoisotopic (exact) mass is 380 g/mol. The van der Waals surface area contributed by atoms with Gasteiger partial charge in [-0.15, -0.1) is 24.8 Å². The Balaban J connectivity index is 0.00000156. The van der Waals surface area contributed by atoms with Gasteiger partial charge in [0.2, 0.25) is 5.91 Å². The number of hydrogen-bond acceptors (Lipinski definition) is 3. The molecule has 3 aromatic rings. The number of halogens is 2. The smallest absolute Gasteiger partial charge is 0.248 e. The molecule has 0 radical (unpaired) electrons. The van der Waals surface area contributed by atoms with Gasteiger partial charge in [-0.25, -0.2) is 4.98 Å². The van der Waals surface area contributed by atoms with E-state index < -0.39 is 5.91 Å². The minimum atomic E-state index is -0.399. The van der Waals surface area contributed by atoms with Crippen molar-refractivity contribution >= 4 is 41.8 Å². The molecule has 0 aliphatic heterocycles. The molecule has 0 bridgehead atoms. The maximum atomic E-state index is 11.3. The molecule has 1 heterocycles. The predicted octanol–water partition coefficient (Wildman–Crippen LogP) is 2.72. The third-order valence-electron chi connectivity index (χ3n) is 3.94. The number of fused-ring (bicyclic) bond motifs is 1. The number of aromatic nitrogens is 2. The lowest BCUT2D eigenvalue weighted by Crippen LogP contribution is -2.13. The number of amides is 1. The largest absolute Gasteiger partial charge is 0.366 e. The van der Waals surface area contributed by atoms with Gasteiger partial charge >= 0.3 is 0 Å². The molecule has 3 rings (SSSR count). The molecule has 0 saturated heterocycles. The van der Waals surface area contributed by atoms with E-state index in [-0.39, 0.29) is 24.8 Å². The van der Waals surface area contributed by atoms with Crippen LogP contribution in [0.1, 0.15) is 21.7 Å². The molecule has 1 aromatic heterocycles. The molecule has 0 atom stereocenters. The molecule has 4 N–H and O–H groups in total. The van der Waals surface area contributed by atoms with Crippen LogP contribution in [0, 0.1) is 0 Å². The Kier molecular flexibility index (Phi) is 7.90. The van der Waals surface area contributed by atoms with Crippen molar-refractivity contribution in [2.24, 2.45) is 11.5 Å². The maximum absolute atomic E-state index is 11.3. The number of rotatable bonds is 6. The van der Waals surface area contributed by atoms with E-state index in [1.54, 1.807) is 6.07 Å². The van der Waals surface area contributed by atoms with Gasteiger partial charge in [-0.05, 0) is 42.8 Å². The molecule has 5 nitrogen and oxygen atoms in total. The predicted molar refractivity (Wildman–Crippen MR) is 106 cm³/mol. The van der Waals surface area contributed by atoms with E-state index in [1.165, 1.54) is 0 Å². The molecular weight excluding hydrogens is 359 g/mol. The summed E-state index contributed by atoms with van der Waals surface area (Å²) < 4.78 is 2.21. The van der Waals surface area contributed by atoms with Crippen LogP contribution in [-0.2, 0) is 19.4 Å². The number of carbonyl (C=O) groups excluding carboxylic acids is 1. The summed E-state index contributed by atoms with van der Waals surface area (Å²) in [6.07, 6.45) is 1.55. The molecule has 0 spiro atoms. The summed E-state index contributed by atoms with van der Waals surface area (Å²) in [5.74, 6) is 0.600. The van der Waals surface area contributed by atoms with Crippen LogP contribution in [0.2, 0.25) is 0 Å². The lowest BCUT2D eigenvalue weighted by Gasteiger charge is -2.09. The van der Waals surface area contributed by atoms with Gasteiger partial charge in [0.25, 0.3) is 0 Å². The van der Waals surface area contributed by atoms with Crippen molar-refractivity contribution in [1.29, 1.82) is 0 Å². The van der Waals surface area contributed by atoms with E-state index in [9.17, 15) is 4.79 Å². The van der Waals surface area contributed by atoms with Crippen LogP contribution in [0.4, 0.5) is 0 Å². The van der Waals surface area contributed by atoms with Crippen molar-refractivity contribution in [1.82, 2.24) is 9.55 Å². The van der Waals surface area contributed by atoms with Crippen LogP contribution in [0.15, 0.2) is 48.5 Å². The Hall–Kier alpha value is -2.08. The second-order valence-electron chi connectivity index (χ2n) is 5.52. The second kappa shape index (κ2) is 9.42. The maximum Gasteiger partial charge on any atom is 0.248 e.